The fourth-order valence-electron chi connectivity index (χ4n) is 3.78. The quantitative estimate of drug-likeness (QED) is 0.392. The summed E-state index contributed by atoms with van der Waals surface area (Å²) in [5, 5.41) is 2.30. The maximum Gasteiger partial charge on any atom is 0.0568 e. The summed E-state index contributed by atoms with van der Waals surface area (Å²) in [6.45, 7) is 0. The predicted octanol–water partition coefficient (Wildman–Crippen LogP) is 6.03. The molecule has 4 aromatic carbocycles. The molecular weight excluding hydrogens is 316 g/mol. The van der Waals surface area contributed by atoms with Crippen molar-refractivity contribution in [2.45, 2.75) is 0 Å². The Balaban J connectivity index is 1.93. The van der Waals surface area contributed by atoms with Crippen molar-refractivity contribution in [1.82, 2.24) is 4.57 Å². The molecular formula is C24H18N2. The molecule has 26 heavy (non-hydrogen) atoms. The molecule has 0 radical (unpaired) electrons. The molecule has 0 aliphatic carbocycles. The number of nitrogens with two attached hydrogens (primary N) is 1. The van der Waals surface area contributed by atoms with Crippen molar-refractivity contribution in [3.05, 3.63) is 97.1 Å². The molecule has 2 N–H and O–H groups in total. The van der Waals surface area contributed by atoms with Crippen molar-refractivity contribution in [3.63, 3.8) is 0 Å². The number of aromatic nitrogens is 1. The molecule has 0 saturated heterocycles. The number of rotatable bonds is 2. The standard InChI is InChI=1S/C24H18N2/c25-21-15-18(17-9-3-1-4-10-17)16-23-24(21)20-13-7-8-14-22(20)26(23)19-11-5-2-6-12-19/h1-16H,25H2. The Bertz CT molecular complexity index is 1220. The number of benzene rings is 4. The van der Waals surface area contributed by atoms with Crippen LogP contribution in [0.5, 0.6) is 0 Å². The summed E-state index contributed by atoms with van der Waals surface area (Å²) in [7, 11) is 0. The largest absolute Gasteiger partial charge is 0.398 e. The number of nitrogen functional groups attached to an aromatic ring is 1. The van der Waals surface area contributed by atoms with Crippen LogP contribution in [0.1, 0.15) is 0 Å². The topological polar surface area (TPSA) is 30.9 Å². The first-order valence-corrected chi connectivity index (χ1v) is 8.76. The minimum Gasteiger partial charge on any atom is -0.398 e. The minimum atomic E-state index is 0.812. The third-order valence-electron chi connectivity index (χ3n) is 4.92. The second kappa shape index (κ2) is 5.78. The fraction of sp³-hybridized carbons (Fsp3) is 0. The third-order valence-corrected chi connectivity index (χ3v) is 4.92. The smallest absolute Gasteiger partial charge is 0.0568 e. The van der Waals surface area contributed by atoms with Crippen molar-refractivity contribution in [2.24, 2.45) is 0 Å². The van der Waals surface area contributed by atoms with Crippen LogP contribution < -0.4 is 5.73 Å². The average Bonchev–Trinajstić information content (AvgIpc) is 3.04. The molecule has 2 heteroatoms. The van der Waals surface area contributed by atoms with Gasteiger partial charge in [0.05, 0.1) is 11.0 Å². The van der Waals surface area contributed by atoms with Gasteiger partial charge in [0.1, 0.15) is 0 Å². The normalized spacial score (nSPS) is 11.2. The number of hydrogen-bond acceptors (Lipinski definition) is 1. The van der Waals surface area contributed by atoms with Gasteiger partial charge >= 0.3 is 0 Å². The summed E-state index contributed by atoms with van der Waals surface area (Å²) in [5.41, 5.74) is 13.1. The Hall–Kier alpha value is -3.52. The number of hydrogen-bond donors (Lipinski definition) is 1. The highest BCUT2D eigenvalue weighted by Gasteiger charge is 2.15. The van der Waals surface area contributed by atoms with Crippen LogP contribution in [0.4, 0.5) is 5.69 Å². The molecule has 0 unspecified atom stereocenters. The van der Waals surface area contributed by atoms with Crippen LogP contribution in [0, 0.1) is 0 Å². The zero-order chi connectivity index (χ0) is 17.5. The molecule has 1 aromatic heterocycles. The Morgan fingerprint density at radius 3 is 2.00 bits per heavy atom. The molecule has 5 rings (SSSR count). The van der Waals surface area contributed by atoms with E-state index in [1.54, 1.807) is 0 Å². The fourth-order valence-corrected chi connectivity index (χ4v) is 3.78. The van der Waals surface area contributed by atoms with E-state index in [1.165, 1.54) is 16.5 Å². The van der Waals surface area contributed by atoms with Crippen molar-refractivity contribution in [2.75, 3.05) is 5.73 Å². The van der Waals surface area contributed by atoms with E-state index in [9.17, 15) is 0 Å². The third kappa shape index (κ3) is 2.20. The van der Waals surface area contributed by atoms with Gasteiger partial charge in [-0.3, -0.25) is 0 Å². The first kappa shape index (κ1) is 14.8. The van der Waals surface area contributed by atoms with Crippen molar-refractivity contribution in [1.29, 1.82) is 0 Å². The Kier molecular flexibility index (Phi) is 3.29. The van der Waals surface area contributed by atoms with Crippen molar-refractivity contribution >= 4 is 27.5 Å². The summed E-state index contributed by atoms with van der Waals surface area (Å²) in [4.78, 5) is 0. The zero-order valence-electron chi connectivity index (χ0n) is 14.3. The highest BCUT2D eigenvalue weighted by atomic mass is 15.0. The van der Waals surface area contributed by atoms with Gasteiger partial charge in [0, 0.05) is 22.1 Å². The summed E-state index contributed by atoms with van der Waals surface area (Å²) in [6, 6.07) is 33.6. The van der Waals surface area contributed by atoms with Crippen LogP contribution in [0.15, 0.2) is 97.1 Å². The van der Waals surface area contributed by atoms with E-state index in [0.29, 0.717) is 0 Å². The number of anilines is 1. The summed E-state index contributed by atoms with van der Waals surface area (Å²) < 4.78 is 2.30. The van der Waals surface area contributed by atoms with E-state index < -0.39 is 0 Å². The lowest BCUT2D eigenvalue weighted by Crippen LogP contribution is -1.94. The summed E-state index contributed by atoms with van der Waals surface area (Å²) in [6.07, 6.45) is 0. The first-order valence-electron chi connectivity index (χ1n) is 8.76. The molecule has 0 saturated carbocycles. The maximum atomic E-state index is 6.54. The van der Waals surface area contributed by atoms with E-state index >= 15 is 0 Å². The van der Waals surface area contributed by atoms with E-state index in [-0.39, 0.29) is 0 Å². The van der Waals surface area contributed by atoms with E-state index in [2.05, 4.69) is 89.5 Å². The lowest BCUT2D eigenvalue weighted by molar-refractivity contribution is 1.18. The number of nitrogens with zero attached hydrogens (tertiary/aromatic N) is 1. The zero-order valence-corrected chi connectivity index (χ0v) is 14.3. The lowest BCUT2D eigenvalue weighted by Gasteiger charge is -2.10. The molecule has 0 bridgehead atoms. The summed E-state index contributed by atoms with van der Waals surface area (Å²) >= 11 is 0. The van der Waals surface area contributed by atoms with Crippen molar-refractivity contribution < 1.29 is 0 Å². The molecule has 124 valence electrons. The molecule has 2 nitrogen and oxygen atoms in total. The van der Waals surface area contributed by atoms with Crippen LogP contribution in [0.2, 0.25) is 0 Å². The molecule has 0 aliphatic rings. The van der Waals surface area contributed by atoms with Crippen molar-refractivity contribution in [3.8, 4) is 16.8 Å². The summed E-state index contributed by atoms with van der Waals surface area (Å²) in [5.74, 6) is 0. The predicted molar refractivity (Wildman–Crippen MR) is 111 cm³/mol. The van der Waals surface area contributed by atoms with E-state index in [1.807, 2.05) is 12.1 Å². The van der Waals surface area contributed by atoms with Gasteiger partial charge in [-0.2, -0.15) is 0 Å². The van der Waals surface area contributed by atoms with Gasteiger partial charge in [-0.15, -0.1) is 0 Å². The Morgan fingerprint density at radius 2 is 1.23 bits per heavy atom. The van der Waals surface area contributed by atoms with Gasteiger partial charge in [0.2, 0.25) is 0 Å². The van der Waals surface area contributed by atoms with Gasteiger partial charge in [-0.05, 0) is 41.5 Å². The van der Waals surface area contributed by atoms with Gasteiger partial charge in [-0.25, -0.2) is 0 Å². The lowest BCUT2D eigenvalue weighted by atomic mass is 10.0. The minimum absolute atomic E-state index is 0.812. The van der Waals surface area contributed by atoms with Crippen LogP contribution in [0.25, 0.3) is 38.6 Å². The van der Waals surface area contributed by atoms with Gasteiger partial charge in [0.25, 0.3) is 0 Å². The Labute approximate surface area is 152 Å². The molecule has 0 spiro atoms. The second-order valence-corrected chi connectivity index (χ2v) is 6.51. The molecule has 0 atom stereocenters. The SMILES string of the molecule is Nc1cc(-c2ccccc2)cc2c1c1ccccc1n2-c1ccccc1. The Morgan fingerprint density at radius 1 is 0.577 bits per heavy atom. The van der Waals surface area contributed by atoms with E-state index in [4.69, 9.17) is 5.73 Å². The molecule has 0 fully saturated rings. The number of fused-ring (bicyclic) bond motifs is 3. The van der Waals surface area contributed by atoms with Crippen LogP contribution in [-0.4, -0.2) is 4.57 Å². The van der Waals surface area contributed by atoms with Crippen LogP contribution >= 0.6 is 0 Å². The van der Waals surface area contributed by atoms with Crippen LogP contribution in [0.3, 0.4) is 0 Å². The molecule has 0 amide bonds. The monoisotopic (exact) mass is 334 g/mol. The van der Waals surface area contributed by atoms with E-state index in [0.717, 1.165) is 27.8 Å². The highest BCUT2D eigenvalue weighted by molar-refractivity contribution is 6.15. The molecule has 0 aliphatic heterocycles. The van der Waals surface area contributed by atoms with Gasteiger partial charge in [0.15, 0.2) is 0 Å². The first-order chi connectivity index (χ1) is 12.8. The van der Waals surface area contributed by atoms with Gasteiger partial charge in [-0.1, -0.05) is 66.7 Å². The van der Waals surface area contributed by atoms with Gasteiger partial charge < -0.3 is 10.3 Å². The maximum absolute atomic E-state index is 6.54. The molecule has 1 heterocycles. The van der Waals surface area contributed by atoms with Crippen LogP contribution in [-0.2, 0) is 0 Å². The highest BCUT2D eigenvalue weighted by Crippen LogP contribution is 2.38. The molecule has 5 aromatic rings. The average molecular weight is 334 g/mol. The second-order valence-electron chi connectivity index (χ2n) is 6.51. The number of para-hydroxylation sites is 2.